The molecule has 0 saturated carbocycles. The van der Waals surface area contributed by atoms with Crippen LogP contribution in [0.1, 0.15) is 18.1 Å². The number of carbonyl (C=O) groups is 1. The number of amidine groups is 1. The third-order valence-corrected chi connectivity index (χ3v) is 7.13. The number of benzene rings is 2. The second-order valence-corrected chi connectivity index (χ2v) is 9.74. The number of nitrogens with zero attached hydrogens (tertiary/aromatic N) is 2. The molecule has 0 N–H and O–H groups in total. The molecule has 29 heavy (non-hydrogen) atoms. The van der Waals surface area contributed by atoms with Crippen molar-refractivity contribution in [1.82, 2.24) is 4.90 Å². The molecule has 0 bridgehead atoms. The first-order valence-electron chi connectivity index (χ1n) is 8.86. The predicted octanol–water partition coefficient (Wildman–Crippen LogP) is 4.86. The van der Waals surface area contributed by atoms with Crippen LogP contribution >= 0.6 is 27.7 Å². The van der Waals surface area contributed by atoms with Crippen molar-refractivity contribution in [1.29, 1.82) is 0 Å². The summed E-state index contributed by atoms with van der Waals surface area (Å²) in [5, 5.41) is 0.123. The van der Waals surface area contributed by atoms with Gasteiger partial charge in [-0.25, -0.2) is 0 Å². The number of amides is 1. The number of halogens is 1. The molecule has 1 aliphatic heterocycles. The van der Waals surface area contributed by atoms with Gasteiger partial charge in [0.1, 0.15) is 0 Å². The Bertz CT molecular complexity index is 1090. The predicted molar refractivity (Wildman–Crippen MR) is 122 cm³/mol. The number of hydrogen-bond acceptors (Lipinski definition) is 4. The quantitative estimate of drug-likeness (QED) is 0.428. The van der Waals surface area contributed by atoms with Crippen LogP contribution in [0.15, 0.2) is 79.9 Å². The van der Waals surface area contributed by atoms with Gasteiger partial charge >= 0.3 is 0 Å². The first-order chi connectivity index (χ1) is 13.8. The second-order valence-electron chi connectivity index (χ2n) is 6.21. The Morgan fingerprint density at radius 2 is 1.79 bits per heavy atom. The molecule has 1 saturated heterocycles. The first kappa shape index (κ1) is 21.5. The van der Waals surface area contributed by atoms with E-state index in [2.05, 4.69) is 26.9 Å². The molecule has 0 aromatic heterocycles. The summed E-state index contributed by atoms with van der Waals surface area (Å²) in [5.74, 6) is -0.298. The van der Waals surface area contributed by atoms with Gasteiger partial charge in [-0.3, -0.25) is 9.69 Å². The Hall–Kier alpha value is -2.16. The Kier molecular flexibility index (Phi) is 6.77. The van der Waals surface area contributed by atoms with Crippen LogP contribution in [-0.2, 0) is 21.2 Å². The van der Waals surface area contributed by atoms with Gasteiger partial charge < -0.3 is 0 Å². The highest BCUT2D eigenvalue weighted by Gasteiger charge is 2.34. The summed E-state index contributed by atoms with van der Waals surface area (Å²) in [6.45, 7) is 5.82. The number of aryl methyl sites for hydroxylation is 1. The van der Waals surface area contributed by atoms with E-state index in [1.165, 1.54) is 17.0 Å². The van der Waals surface area contributed by atoms with E-state index in [9.17, 15) is 13.2 Å². The van der Waals surface area contributed by atoms with Gasteiger partial charge in [-0.05, 0) is 59.7 Å². The SMILES string of the molecule is C=CCN1C(=O)/C(=C\c2ccc(Br)cc2)S/C1=N\S(=O)(=O)c1ccc(CC)cc1. The van der Waals surface area contributed by atoms with E-state index >= 15 is 0 Å². The number of sulfonamides is 1. The normalized spacial score (nSPS) is 17.3. The van der Waals surface area contributed by atoms with Crippen LogP contribution in [0.25, 0.3) is 6.08 Å². The lowest BCUT2D eigenvalue weighted by Crippen LogP contribution is -2.29. The molecule has 2 aromatic carbocycles. The number of rotatable bonds is 6. The maximum absolute atomic E-state index is 12.8. The van der Waals surface area contributed by atoms with Crippen LogP contribution in [-0.4, -0.2) is 30.9 Å². The average Bonchev–Trinajstić information content (AvgIpc) is 2.98. The first-order valence-corrected chi connectivity index (χ1v) is 11.9. The van der Waals surface area contributed by atoms with E-state index in [4.69, 9.17) is 0 Å². The van der Waals surface area contributed by atoms with Crippen LogP contribution in [0.2, 0.25) is 0 Å². The lowest BCUT2D eigenvalue weighted by atomic mass is 10.2. The van der Waals surface area contributed by atoms with Gasteiger partial charge in [-0.15, -0.1) is 11.0 Å². The summed E-state index contributed by atoms with van der Waals surface area (Å²) in [5.41, 5.74) is 1.87. The summed E-state index contributed by atoms with van der Waals surface area (Å²) in [7, 11) is -3.94. The zero-order valence-corrected chi connectivity index (χ0v) is 18.9. The van der Waals surface area contributed by atoms with Crippen molar-refractivity contribution in [2.75, 3.05) is 6.54 Å². The molecule has 8 heteroatoms. The number of carbonyl (C=O) groups excluding carboxylic acids is 1. The Morgan fingerprint density at radius 3 is 2.38 bits per heavy atom. The molecule has 1 aliphatic rings. The molecule has 0 spiro atoms. The maximum atomic E-state index is 12.8. The van der Waals surface area contributed by atoms with Crippen molar-refractivity contribution >= 4 is 54.9 Å². The topological polar surface area (TPSA) is 66.8 Å². The standard InChI is InChI=1S/C21H19BrN2O3S2/c1-3-13-24-20(25)19(14-16-5-9-17(22)10-6-16)28-21(24)23-29(26,27)18-11-7-15(4-2)8-12-18/h3,5-12,14H,1,4,13H2,2H3/b19-14+,23-21-. The lowest BCUT2D eigenvalue weighted by molar-refractivity contribution is -0.121. The van der Waals surface area contributed by atoms with Gasteiger partial charge in [0.05, 0.1) is 9.80 Å². The van der Waals surface area contributed by atoms with Gasteiger partial charge in [-0.2, -0.15) is 8.42 Å². The summed E-state index contributed by atoms with van der Waals surface area (Å²) in [4.78, 5) is 14.6. The summed E-state index contributed by atoms with van der Waals surface area (Å²) in [6, 6.07) is 14.1. The highest BCUT2D eigenvalue weighted by molar-refractivity contribution is 9.10. The Morgan fingerprint density at radius 1 is 1.14 bits per heavy atom. The largest absolute Gasteiger partial charge is 0.284 e. The molecule has 2 aromatic rings. The van der Waals surface area contributed by atoms with Crippen molar-refractivity contribution in [2.24, 2.45) is 4.40 Å². The molecular weight excluding hydrogens is 472 g/mol. The van der Waals surface area contributed by atoms with E-state index in [-0.39, 0.29) is 22.5 Å². The van der Waals surface area contributed by atoms with Crippen LogP contribution in [0, 0.1) is 0 Å². The number of thioether (sulfide) groups is 1. The molecular formula is C21H19BrN2O3S2. The van der Waals surface area contributed by atoms with Crippen LogP contribution in [0.5, 0.6) is 0 Å². The Labute approximate surface area is 183 Å². The van der Waals surface area contributed by atoms with Gasteiger partial charge in [0.2, 0.25) is 0 Å². The zero-order valence-electron chi connectivity index (χ0n) is 15.7. The average molecular weight is 491 g/mol. The molecule has 1 fully saturated rings. The van der Waals surface area contributed by atoms with E-state index in [1.54, 1.807) is 24.3 Å². The molecule has 1 amide bonds. The second kappa shape index (κ2) is 9.11. The lowest BCUT2D eigenvalue weighted by Gasteiger charge is -2.12. The van der Waals surface area contributed by atoms with E-state index in [1.807, 2.05) is 31.2 Å². The van der Waals surface area contributed by atoms with E-state index in [0.29, 0.717) is 4.91 Å². The summed E-state index contributed by atoms with van der Waals surface area (Å²) < 4.78 is 30.4. The molecule has 3 rings (SSSR count). The van der Waals surface area contributed by atoms with Crippen molar-refractivity contribution in [3.63, 3.8) is 0 Å². The highest BCUT2D eigenvalue weighted by Crippen LogP contribution is 2.33. The molecule has 5 nitrogen and oxygen atoms in total. The van der Waals surface area contributed by atoms with Gasteiger partial charge in [0.25, 0.3) is 15.9 Å². The summed E-state index contributed by atoms with van der Waals surface area (Å²) in [6.07, 6.45) is 4.08. The molecule has 0 unspecified atom stereocenters. The molecule has 0 atom stereocenters. The van der Waals surface area contributed by atoms with Crippen molar-refractivity contribution in [3.05, 3.63) is 81.7 Å². The third-order valence-electron chi connectivity index (χ3n) is 4.20. The minimum Gasteiger partial charge on any atom is -0.282 e. The minimum absolute atomic E-state index is 0.0964. The van der Waals surface area contributed by atoms with Crippen LogP contribution in [0.3, 0.4) is 0 Å². The van der Waals surface area contributed by atoms with Crippen LogP contribution < -0.4 is 0 Å². The van der Waals surface area contributed by atoms with Crippen molar-refractivity contribution < 1.29 is 13.2 Å². The number of hydrogen-bond donors (Lipinski definition) is 0. The van der Waals surface area contributed by atoms with Gasteiger partial charge in [0.15, 0.2) is 5.17 Å². The van der Waals surface area contributed by atoms with E-state index < -0.39 is 10.0 Å². The fourth-order valence-corrected chi connectivity index (χ4v) is 5.08. The molecule has 1 heterocycles. The fourth-order valence-electron chi connectivity index (χ4n) is 2.63. The molecule has 150 valence electrons. The smallest absolute Gasteiger partial charge is 0.282 e. The van der Waals surface area contributed by atoms with Crippen molar-refractivity contribution in [3.8, 4) is 0 Å². The zero-order chi connectivity index (χ0) is 21.0. The minimum atomic E-state index is -3.94. The highest BCUT2D eigenvalue weighted by atomic mass is 79.9. The van der Waals surface area contributed by atoms with Gasteiger partial charge in [-0.1, -0.05) is 53.2 Å². The fraction of sp³-hybridized carbons (Fsp3) is 0.143. The third kappa shape index (κ3) is 5.07. The summed E-state index contributed by atoms with van der Waals surface area (Å²) >= 11 is 4.42. The molecule has 0 aliphatic carbocycles. The van der Waals surface area contributed by atoms with E-state index in [0.717, 1.165) is 33.8 Å². The molecule has 0 radical (unpaired) electrons. The van der Waals surface area contributed by atoms with Crippen molar-refractivity contribution in [2.45, 2.75) is 18.2 Å². The monoisotopic (exact) mass is 490 g/mol. The van der Waals surface area contributed by atoms with Gasteiger partial charge in [0, 0.05) is 11.0 Å². The maximum Gasteiger partial charge on any atom is 0.284 e. The Balaban J connectivity index is 1.96. The van der Waals surface area contributed by atoms with Crippen LogP contribution in [0.4, 0.5) is 0 Å².